The van der Waals surface area contributed by atoms with E-state index in [1.54, 1.807) is 7.11 Å². The minimum Gasteiger partial charge on any atom is -0.497 e. The molecule has 3 aromatic rings. The van der Waals surface area contributed by atoms with Crippen LogP contribution < -0.4 is 9.64 Å². The number of hydrogen-bond donors (Lipinski definition) is 0. The minimum absolute atomic E-state index is 0.637. The van der Waals surface area contributed by atoms with E-state index in [-0.39, 0.29) is 0 Å². The van der Waals surface area contributed by atoms with Crippen LogP contribution in [-0.4, -0.2) is 35.2 Å². The van der Waals surface area contributed by atoms with E-state index >= 15 is 0 Å². The van der Waals surface area contributed by atoms with Crippen LogP contribution >= 0.6 is 0 Å². The monoisotopic (exact) mass is 400 g/mol. The van der Waals surface area contributed by atoms with E-state index in [9.17, 15) is 0 Å². The number of nitrogens with zero attached hydrogens (tertiary/aromatic N) is 4. The second-order valence-electron chi connectivity index (χ2n) is 8.37. The fourth-order valence-corrected chi connectivity index (χ4v) is 4.80. The third-order valence-electron chi connectivity index (χ3n) is 6.31. The Labute approximate surface area is 178 Å². The molecule has 5 heteroatoms. The van der Waals surface area contributed by atoms with Crippen LogP contribution in [0.25, 0.3) is 11.5 Å². The highest BCUT2D eigenvalue weighted by atomic mass is 16.5. The van der Waals surface area contributed by atoms with Gasteiger partial charge in [-0.15, -0.1) is 0 Å². The van der Waals surface area contributed by atoms with E-state index in [0.29, 0.717) is 5.92 Å². The third kappa shape index (κ3) is 3.89. The molecular formula is C25H28N4O. The molecule has 2 aliphatic rings. The molecule has 0 bridgehead atoms. The summed E-state index contributed by atoms with van der Waals surface area (Å²) in [6.07, 6.45) is 8.70. The molecule has 0 amide bonds. The molecule has 1 fully saturated rings. The first-order chi connectivity index (χ1) is 14.8. The molecule has 5 nitrogen and oxygen atoms in total. The van der Waals surface area contributed by atoms with Gasteiger partial charge in [0.05, 0.1) is 7.11 Å². The summed E-state index contributed by atoms with van der Waals surface area (Å²) >= 11 is 0. The van der Waals surface area contributed by atoms with Crippen LogP contribution in [0.15, 0.2) is 48.7 Å². The van der Waals surface area contributed by atoms with E-state index in [0.717, 1.165) is 55.4 Å². The van der Waals surface area contributed by atoms with Crippen molar-refractivity contribution in [3.05, 3.63) is 65.5 Å². The van der Waals surface area contributed by atoms with E-state index in [1.165, 1.54) is 36.1 Å². The maximum atomic E-state index is 5.30. The van der Waals surface area contributed by atoms with Crippen molar-refractivity contribution < 1.29 is 4.74 Å². The van der Waals surface area contributed by atoms with Crippen molar-refractivity contribution in [1.29, 1.82) is 0 Å². The molecule has 1 aliphatic carbocycles. The predicted molar refractivity (Wildman–Crippen MR) is 119 cm³/mol. The number of piperidine rings is 1. The zero-order valence-corrected chi connectivity index (χ0v) is 17.6. The Hall–Kier alpha value is -2.95. The predicted octanol–water partition coefficient (Wildman–Crippen LogP) is 4.50. The fourth-order valence-electron chi connectivity index (χ4n) is 4.80. The number of aryl methyl sites for hydroxylation is 1. The van der Waals surface area contributed by atoms with E-state index in [1.807, 2.05) is 24.4 Å². The second kappa shape index (κ2) is 8.42. The molecular weight excluding hydrogens is 372 g/mol. The maximum Gasteiger partial charge on any atom is 0.180 e. The quantitative estimate of drug-likeness (QED) is 0.631. The molecule has 154 valence electrons. The van der Waals surface area contributed by atoms with Crippen molar-refractivity contribution in [3.63, 3.8) is 0 Å². The molecule has 1 aliphatic heterocycles. The molecule has 0 saturated carbocycles. The van der Waals surface area contributed by atoms with Gasteiger partial charge in [-0.1, -0.05) is 18.2 Å². The van der Waals surface area contributed by atoms with Crippen LogP contribution in [0.2, 0.25) is 0 Å². The normalized spacial score (nSPS) is 18.3. The molecule has 0 radical (unpaired) electrons. The average molecular weight is 401 g/mol. The van der Waals surface area contributed by atoms with Crippen molar-refractivity contribution in [2.75, 3.05) is 25.1 Å². The van der Waals surface area contributed by atoms with Crippen LogP contribution in [0.5, 0.6) is 5.75 Å². The van der Waals surface area contributed by atoms with Gasteiger partial charge < -0.3 is 9.64 Å². The van der Waals surface area contributed by atoms with Gasteiger partial charge in [0.25, 0.3) is 0 Å². The van der Waals surface area contributed by atoms with Gasteiger partial charge in [0.15, 0.2) is 5.82 Å². The summed E-state index contributed by atoms with van der Waals surface area (Å²) in [5.41, 5.74) is 4.82. The third-order valence-corrected chi connectivity index (χ3v) is 6.31. The summed E-state index contributed by atoms with van der Waals surface area (Å²) in [5.74, 6) is 3.47. The van der Waals surface area contributed by atoms with Crippen LogP contribution in [0, 0.1) is 5.92 Å². The molecule has 30 heavy (non-hydrogen) atoms. The Morgan fingerprint density at radius 1 is 1.03 bits per heavy atom. The standard InChI is InChI=1S/C25H28N4O/c1-30-20-12-10-18(11-13-20)16-19-6-5-15-29(17-19)25-21-7-4-9-22(21)27-24(28-25)23-8-2-3-14-26-23/h2-3,8,10-14,19H,4-7,9,15-17H2,1H3. The number of hydrogen-bond acceptors (Lipinski definition) is 5. The number of methoxy groups -OCH3 is 1. The number of aromatic nitrogens is 3. The van der Waals surface area contributed by atoms with Crippen LogP contribution in [0.1, 0.15) is 36.1 Å². The topological polar surface area (TPSA) is 51.1 Å². The highest BCUT2D eigenvalue weighted by molar-refractivity contribution is 5.59. The first-order valence-corrected chi connectivity index (χ1v) is 11.0. The zero-order valence-electron chi connectivity index (χ0n) is 17.6. The summed E-state index contributed by atoms with van der Waals surface area (Å²) in [7, 11) is 1.72. The summed E-state index contributed by atoms with van der Waals surface area (Å²) in [6, 6.07) is 14.5. The molecule has 0 spiro atoms. The average Bonchev–Trinajstić information content (AvgIpc) is 3.28. The number of anilines is 1. The zero-order chi connectivity index (χ0) is 20.3. The van der Waals surface area contributed by atoms with Gasteiger partial charge in [0.1, 0.15) is 17.3 Å². The number of fused-ring (bicyclic) bond motifs is 1. The lowest BCUT2D eigenvalue weighted by Gasteiger charge is -2.35. The lowest BCUT2D eigenvalue weighted by molar-refractivity contribution is 0.407. The Bertz CT molecular complexity index is 1000. The van der Waals surface area contributed by atoms with Crippen molar-refractivity contribution in [2.24, 2.45) is 5.92 Å². The van der Waals surface area contributed by atoms with Gasteiger partial charge in [0.2, 0.25) is 0 Å². The number of pyridine rings is 1. The molecule has 5 rings (SSSR count). The smallest absolute Gasteiger partial charge is 0.180 e. The summed E-state index contributed by atoms with van der Waals surface area (Å²) in [6.45, 7) is 2.13. The lowest BCUT2D eigenvalue weighted by Crippen LogP contribution is -2.37. The van der Waals surface area contributed by atoms with Gasteiger partial charge in [-0.3, -0.25) is 4.98 Å². The van der Waals surface area contributed by atoms with Gasteiger partial charge >= 0.3 is 0 Å². The highest BCUT2D eigenvalue weighted by Gasteiger charge is 2.27. The first-order valence-electron chi connectivity index (χ1n) is 11.0. The number of ether oxygens (including phenoxy) is 1. The Kier molecular flexibility index (Phi) is 5.35. The number of rotatable bonds is 5. The molecule has 1 unspecified atom stereocenters. The van der Waals surface area contributed by atoms with Crippen molar-refractivity contribution >= 4 is 5.82 Å². The largest absolute Gasteiger partial charge is 0.497 e. The SMILES string of the molecule is COc1ccc(CC2CCCN(c3nc(-c4ccccn4)nc4c3CCC4)C2)cc1. The minimum atomic E-state index is 0.637. The fraction of sp³-hybridized carbons (Fsp3) is 0.400. The van der Waals surface area contributed by atoms with Gasteiger partial charge in [-0.05, 0) is 74.3 Å². The van der Waals surface area contributed by atoms with Gasteiger partial charge in [0, 0.05) is 30.5 Å². The molecule has 0 N–H and O–H groups in total. The summed E-state index contributed by atoms with van der Waals surface area (Å²) in [4.78, 5) is 16.9. The molecule has 1 atom stereocenters. The number of benzene rings is 1. The Balaban J connectivity index is 1.39. The maximum absolute atomic E-state index is 5.30. The van der Waals surface area contributed by atoms with Crippen molar-refractivity contribution in [3.8, 4) is 17.3 Å². The summed E-state index contributed by atoms with van der Waals surface area (Å²) < 4.78 is 5.30. The van der Waals surface area contributed by atoms with Gasteiger partial charge in [-0.25, -0.2) is 9.97 Å². The molecule has 2 aromatic heterocycles. The molecule has 1 saturated heterocycles. The van der Waals surface area contributed by atoms with Crippen molar-refractivity contribution in [1.82, 2.24) is 15.0 Å². The van der Waals surface area contributed by atoms with Crippen LogP contribution in [-0.2, 0) is 19.3 Å². The Morgan fingerprint density at radius 2 is 1.93 bits per heavy atom. The lowest BCUT2D eigenvalue weighted by atomic mass is 9.91. The summed E-state index contributed by atoms with van der Waals surface area (Å²) in [5, 5.41) is 0. The first kappa shape index (κ1) is 19.0. The highest BCUT2D eigenvalue weighted by Crippen LogP contribution is 2.34. The van der Waals surface area contributed by atoms with Crippen LogP contribution in [0.3, 0.4) is 0 Å². The van der Waals surface area contributed by atoms with Gasteiger partial charge in [-0.2, -0.15) is 0 Å². The Morgan fingerprint density at radius 3 is 2.73 bits per heavy atom. The van der Waals surface area contributed by atoms with E-state index in [4.69, 9.17) is 14.7 Å². The second-order valence-corrected chi connectivity index (χ2v) is 8.37. The van der Waals surface area contributed by atoms with E-state index < -0.39 is 0 Å². The van der Waals surface area contributed by atoms with E-state index in [2.05, 4.69) is 34.1 Å². The molecule has 1 aromatic carbocycles. The van der Waals surface area contributed by atoms with Crippen molar-refractivity contribution in [2.45, 2.75) is 38.5 Å². The molecule has 3 heterocycles. The van der Waals surface area contributed by atoms with Crippen LogP contribution in [0.4, 0.5) is 5.82 Å².